The number of amides is 3. The molecule has 0 aliphatic carbocycles. The van der Waals surface area contributed by atoms with Crippen LogP contribution in [0.5, 0.6) is 0 Å². The minimum Gasteiger partial charge on any atom is -0.396 e. The zero-order chi connectivity index (χ0) is 19.7. The van der Waals surface area contributed by atoms with Crippen LogP contribution in [0.3, 0.4) is 0 Å². The second kappa shape index (κ2) is 7.98. The van der Waals surface area contributed by atoms with Crippen molar-refractivity contribution in [1.82, 2.24) is 20.4 Å². The Morgan fingerprint density at radius 2 is 2.07 bits per heavy atom. The molecule has 1 aromatic rings. The third kappa shape index (κ3) is 3.67. The fraction of sp³-hybridized carbons (Fsp3) is 0.550. The number of nitrogens with zero attached hydrogens (tertiary/aromatic N) is 2. The van der Waals surface area contributed by atoms with Crippen LogP contribution in [-0.2, 0) is 22.7 Å². The summed E-state index contributed by atoms with van der Waals surface area (Å²) in [5.41, 5.74) is 2.63. The second-order valence-corrected chi connectivity index (χ2v) is 7.73. The van der Waals surface area contributed by atoms with E-state index in [4.69, 9.17) is 0 Å². The first-order valence-electron chi connectivity index (χ1n) is 9.89. The monoisotopic (exact) mass is 386 g/mol. The Morgan fingerprint density at radius 3 is 2.86 bits per heavy atom. The van der Waals surface area contributed by atoms with Crippen LogP contribution < -0.4 is 10.6 Å². The van der Waals surface area contributed by atoms with E-state index in [1.165, 1.54) is 0 Å². The van der Waals surface area contributed by atoms with Gasteiger partial charge in [-0.25, -0.2) is 0 Å². The van der Waals surface area contributed by atoms with Gasteiger partial charge in [-0.2, -0.15) is 0 Å². The zero-order valence-electron chi connectivity index (χ0n) is 15.8. The molecule has 3 amide bonds. The van der Waals surface area contributed by atoms with Crippen LogP contribution in [0.1, 0.15) is 40.7 Å². The number of hydrogen-bond acceptors (Lipinski definition) is 6. The van der Waals surface area contributed by atoms with Crippen molar-refractivity contribution in [2.24, 2.45) is 0 Å². The molecule has 3 aliphatic rings. The molecule has 3 N–H and O–H groups in total. The number of nitrogens with one attached hydrogen (secondary N) is 2. The third-order valence-corrected chi connectivity index (χ3v) is 5.91. The molecule has 8 nitrogen and oxygen atoms in total. The Kier molecular flexibility index (Phi) is 5.43. The van der Waals surface area contributed by atoms with E-state index < -0.39 is 6.04 Å². The summed E-state index contributed by atoms with van der Waals surface area (Å²) in [7, 11) is 0. The van der Waals surface area contributed by atoms with Gasteiger partial charge in [-0.1, -0.05) is 12.1 Å². The highest BCUT2D eigenvalue weighted by molar-refractivity contribution is 6.05. The average Bonchev–Trinajstić information content (AvgIpc) is 3.00. The summed E-state index contributed by atoms with van der Waals surface area (Å²) in [5, 5.41) is 15.0. The molecule has 3 aliphatic heterocycles. The fourth-order valence-electron chi connectivity index (χ4n) is 4.38. The highest BCUT2D eigenvalue weighted by atomic mass is 16.3. The molecule has 0 spiro atoms. The van der Waals surface area contributed by atoms with Crippen molar-refractivity contribution in [2.45, 2.75) is 44.4 Å². The molecule has 0 saturated carbocycles. The first-order valence-corrected chi connectivity index (χ1v) is 9.89. The van der Waals surface area contributed by atoms with Gasteiger partial charge in [-0.3, -0.25) is 24.6 Å². The van der Waals surface area contributed by atoms with Crippen LogP contribution >= 0.6 is 0 Å². The molecular weight excluding hydrogens is 360 g/mol. The van der Waals surface area contributed by atoms with E-state index in [9.17, 15) is 19.5 Å². The predicted octanol–water partition coefficient (Wildman–Crippen LogP) is -0.396. The molecule has 2 saturated heterocycles. The summed E-state index contributed by atoms with van der Waals surface area (Å²) in [6, 6.07) is 5.64. The van der Waals surface area contributed by atoms with Gasteiger partial charge in [0.25, 0.3) is 5.91 Å². The molecule has 0 radical (unpaired) electrons. The summed E-state index contributed by atoms with van der Waals surface area (Å²) in [6.45, 7) is 3.96. The van der Waals surface area contributed by atoms with E-state index in [0.717, 1.165) is 43.7 Å². The van der Waals surface area contributed by atoms with Gasteiger partial charge < -0.3 is 15.3 Å². The average molecular weight is 386 g/mol. The van der Waals surface area contributed by atoms with Gasteiger partial charge in [0.2, 0.25) is 11.8 Å². The number of benzene rings is 1. The van der Waals surface area contributed by atoms with Crippen molar-refractivity contribution in [1.29, 1.82) is 0 Å². The minimum atomic E-state index is -0.580. The minimum absolute atomic E-state index is 0.140. The van der Waals surface area contributed by atoms with Gasteiger partial charge in [0.15, 0.2) is 0 Å². The number of aliphatic hydroxyl groups excluding tert-OH is 1. The molecular formula is C20H26N4O4. The number of rotatable bonds is 5. The van der Waals surface area contributed by atoms with E-state index in [2.05, 4.69) is 15.5 Å². The van der Waals surface area contributed by atoms with Crippen molar-refractivity contribution in [2.75, 3.05) is 26.2 Å². The van der Waals surface area contributed by atoms with Crippen molar-refractivity contribution >= 4 is 17.7 Å². The Morgan fingerprint density at radius 1 is 1.21 bits per heavy atom. The number of hydrogen-bond donors (Lipinski definition) is 3. The molecule has 2 unspecified atom stereocenters. The van der Waals surface area contributed by atoms with Crippen LogP contribution in [0.2, 0.25) is 0 Å². The first-order chi connectivity index (χ1) is 13.6. The van der Waals surface area contributed by atoms with Gasteiger partial charge in [-0.05, 0) is 30.0 Å². The van der Waals surface area contributed by atoms with E-state index in [-0.39, 0.29) is 36.8 Å². The molecule has 0 aromatic heterocycles. The predicted molar refractivity (Wildman–Crippen MR) is 101 cm³/mol. The zero-order valence-corrected chi connectivity index (χ0v) is 15.8. The number of carbonyl (C=O) groups excluding carboxylic acids is 3. The number of piperidine rings is 1. The molecule has 2 fully saturated rings. The maximum absolute atomic E-state index is 12.9. The molecule has 150 valence electrons. The van der Waals surface area contributed by atoms with Gasteiger partial charge in [0.05, 0.1) is 0 Å². The van der Waals surface area contributed by atoms with Gasteiger partial charge in [0.1, 0.15) is 6.04 Å². The Hall–Kier alpha value is -2.29. The molecule has 3 heterocycles. The molecule has 1 aromatic carbocycles. The van der Waals surface area contributed by atoms with Gasteiger partial charge in [0, 0.05) is 57.4 Å². The van der Waals surface area contributed by atoms with Crippen LogP contribution in [0.15, 0.2) is 18.2 Å². The summed E-state index contributed by atoms with van der Waals surface area (Å²) < 4.78 is 0. The number of piperazine rings is 1. The van der Waals surface area contributed by atoms with Gasteiger partial charge in [-0.15, -0.1) is 0 Å². The standard InChI is InChI=1S/C20H26N4O4/c25-8-5-15-10-21-6-7-23(15)11-13-1-2-14-12-24(20(28)16(14)9-13)17-3-4-18(26)22-19(17)27/h1-2,9,15,17,21,25H,3-8,10-12H2,(H,22,26,27). The van der Waals surface area contributed by atoms with Crippen LogP contribution in [0.4, 0.5) is 0 Å². The van der Waals surface area contributed by atoms with Crippen LogP contribution in [0, 0.1) is 0 Å². The van der Waals surface area contributed by atoms with E-state index >= 15 is 0 Å². The van der Waals surface area contributed by atoms with Crippen molar-refractivity contribution in [3.63, 3.8) is 0 Å². The molecule has 2 atom stereocenters. The maximum Gasteiger partial charge on any atom is 0.255 e. The number of carbonyl (C=O) groups is 3. The SMILES string of the molecule is O=C1CCC(N2Cc3ccc(CN4CCNCC4CCO)cc3C2=O)C(=O)N1. The fourth-order valence-corrected chi connectivity index (χ4v) is 4.38. The Bertz CT molecular complexity index is 794. The smallest absolute Gasteiger partial charge is 0.255 e. The lowest BCUT2D eigenvalue weighted by atomic mass is 10.0. The maximum atomic E-state index is 12.9. The van der Waals surface area contributed by atoms with Crippen molar-refractivity contribution in [3.8, 4) is 0 Å². The second-order valence-electron chi connectivity index (χ2n) is 7.73. The third-order valence-electron chi connectivity index (χ3n) is 5.91. The van der Waals surface area contributed by atoms with Gasteiger partial charge >= 0.3 is 0 Å². The summed E-state index contributed by atoms with van der Waals surface area (Å²) in [5.74, 6) is -0.801. The topological polar surface area (TPSA) is 102 Å². The summed E-state index contributed by atoms with van der Waals surface area (Å²) >= 11 is 0. The highest BCUT2D eigenvalue weighted by Gasteiger charge is 2.39. The lowest BCUT2D eigenvalue weighted by Crippen LogP contribution is -2.52. The molecule has 4 rings (SSSR count). The lowest BCUT2D eigenvalue weighted by molar-refractivity contribution is -0.136. The van der Waals surface area contributed by atoms with Crippen LogP contribution in [-0.4, -0.2) is 71.0 Å². The molecule has 8 heteroatoms. The lowest BCUT2D eigenvalue weighted by Gasteiger charge is -2.36. The molecule has 28 heavy (non-hydrogen) atoms. The largest absolute Gasteiger partial charge is 0.396 e. The highest BCUT2D eigenvalue weighted by Crippen LogP contribution is 2.28. The number of imide groups is 1. The van der Waals surface area contributed by atoms with E-state index in [1.807, 2.05) is 18.2 Å². The van der Waals surface area contributed by atoms with Crippen LogP contribution in [0.25, 0.3) is 0 Å². The molecule has 0 bridgehead atoms. The van der Waals surface area contributed by atoms with E-state index in [1.54, 1.807) is 4.90 Å². The summed E-state index contributed by atoms with van der Waals surface area (Å²) in [4.78, 5) is 40.4. The van der Waals surface area contributed by atoms with Crippen molar-refractivity contribution in [3.05, 3.63) is 34.9 Å². The normalized spacial score (nSPS) is 25.8. The number of fused-ring (bicyclic) bond motifs is 1. The quantitative estimate of drug-likeness (QED) is 0.596. The Labute approximate surface area is 163 Å². The first kappa shape index (κ1) is 19.0. The Balaban J connectivity index is 1.48. The number of aliphatic hydroxyl groups is 1. The van der Waals surface area contributed by atoms with E-state index in [0.29, 0.717) is 18.5 Å². The summed E-state index contributed by atoms with van der Waals surface area (Å²) in [6.07, 6.45) is 1.36. The van der Waals surface area contributed by atoms with Crippen molar-refractivity contribution < 1.29 is 19.5 Å².